The molecular formula is C13H17N3O2. The Hall–Kier alpha value is -1.75. The third-order valence-corrected chi connectivity index (χ3v) is 3.37. The molecular weight excluding hydrogens is 230 g/mol. The summed E-state index contributed by atoms with van der Waals surface area (Å²) in [6.07, 6.45) is 1.08. The van der Waals surface area contributed by atoms with Crippen LogP contribution in [0.4, 0.5) is 5.69 Å². The van der Waals surface area contributed by atoms with Crippen LogP contribution >= 0.6 is 0 Å². The van der Waals surface area contributed by atoms with Gasteiger partial charge >= 0.3 is 5.76 Å². The van der Waals surface area contributed by atoms with Crippen LogP contribution in [0.1, 0.15) is 20.3 Å². The standard InChI is InChI=1S/C13H17N3O2/c1-13(2)6-9(7-14-13)15-8-3-4-11-10(5-8)16-12(17)18-11/h3-5,9,14-15H,6-7H2,1-2H3,(H,16,17). The zero-order chi connectivity index (χ0) is 12.8. The number of hydrogen-bond donors (Lipinski definition) is 3. The van der Waals surface area contributed by atoms with Gasteiger partial charge in [0.2, 0.25) is 0 Å². The van der Waals surface area contributed by atoms with Crippen molar-refractivity contribution in [2.45, 2.75) is 31.8 Å². The van der Waals surface area contributed by atoms with Gasteiger partial charge in [-0.2, -0.15) is 0 Å². The summed E-state index contributed by atoms with van der Waals surface area (Å²) < 4.78 is 4.97. The molecule has 0 radical (unpaired) electrons. The van der Waals surface area contributed by atoms with Crippen LogP contribution in [0.2, 0.25) is 0 Å². The maximum atomic E-state index is 11.1. The normalized spacial score (nSPS) is 22.4. The van der Waals surface area contributed by atoms with Crippen LogP contribution in [-0.4, -0.2) is 23.1 Å². The van der Waals surface area contributed by atoms with E-state index >= 15 is 0 Å². The molecule has 3 N–H and O–H groups in total. The van der Waals surface area contributed by atoms with E-state index in [0.29, 0.717) is 11.6 Å². The van der Waals surface area contributed by atoms with E-state index in [1.165, 1.54) is 0 Å². The molecule has 5 heteroatoms. The fourth-order valence-corrected chi connectivity index (χ4v) is 2.54. The van der Waals surface area contributed by atoms with Crippen LogP contribution in [0.3, 0.4) is 0 Å². The van der Waals surface area contributed by atoms with Crippen molar-refractivity contribution in [1.29, 1.82) is 0 Å². The van der Waals surface area contributed by atoms with Crippen LogP contribution in [0, 0.1) is 0 Å². The van der Waals surface area contributed by atoms with Crippen molar-refractivity contribution in [3.8, 4) is 0 Å². The van der Waals surface area contributed by atoms with Gasteiger partial charge in [0.05, 0.1) is 5.52 Å². The molecule has 3 rings (SSSR count). The molecule has 1 unspecified atom stereocenters. The van der Waals surface area contributed by atoms with Crippen molar-refractivity contribution in [2.75, 3.05) is 11.9 Å². The molecule has 0 bridgehead atoms. The minimum atomic E-state index is -0.411. The third kappa shape index (κ3) is 2.13. The lowest BCUT2D eigenvalue weighted by molar-refractivity contribution is 0.457. The van der Waals surface area contributed by atoms with E-state index in [1.54, 1.807) is 0 Å². The van der Waals surface area contributed by atoms with Crippen LogP contribution in [-0.2, 0) is 0 Å². The summed E-state index contributed by atoms with van der Waals surface area (Å²) in [4.78, 5) is 13.7. The number of aromatic nitrogens is 1. The van der Waals surface area contributed by atoms with Gasteiger partial charge in [0.15, 0.2) is 5.58 Å². The minimum Gasteiger partial charge on any atom is -0.408 e. The van der Waals surface area contributed by atoms with E-state index < -0.39 is 5.76 Å². The fraction of sp³-hybridized carbons (Fsp3) is 0.462. The first kappa shape index (κ1) is 11.3. The molecule has 18 heavy (non-hydrogen) atoms. The van der Waals surface area contributed by atoms with Gasteiger partial charge < -0.3 is 15.1 Å². The van der Waals surface area contributed by atoms with E-state index in [1.807, 2.05) is 18.2 Å². The van der Waals surface area contributed by atoms with Crippen LogP contribution in [0.25, 0.3) is 11.1 Å². The van der Waals surface area contributed by atoms with Crippen LogP contribution in [0.5, 0.6) is 0 Å². The number of hydrogen-bond acceptors (Lipinski definition) is 4. The van der Waals surface area contributed by atoms with E-state index in [-0.39, 0.29) is 5.54 Å². The monoisotopic (exact) mass is 247 g/mol. The molecule has 1 aromatic heterocycles. The highest BCUT2D eigenvalue weighted by Crippen LogP contribution is 2.23. The Morgan fingerprint density at radius 2 is 2.28 bits per heavy atom. The van der Waals surface area contributed by atoms with Crippen molar-refractivity contribution in [3.05, 3.63) is 28.7 Å². The zero-order valence-corrected chi connectivity index (χ0v) is 10.5. The van der Waals surface area contributed by atoms with Crippen LogP contribution in [0.15, 0.2) is 27.4 Å². The maximum Gasteiger partial charge on any atom is 0.417 e. The Kier molecular flexibility index (Phi) is 2.45. The average molecular weight is 247 g/mol. The number of nitrogens with one attached hydrogen (secondary N) is 3. The highest BCUT2D eigenvalue weighted by molar-refractivity contribution is 5.76. The second-order valence-corrected chi connectivity index (χ2v) is 5.54. The topological polar surface area (TPSA) is 70.1 Å². The van der Waals surface area contributed by atoms with Crippen molar-refractivity contribution in [2.24, 2.45) is 0 Å². The second-order valence-electron chi connectivity index (χ2n) is 5.54. The summed E-state index contributed by atoms with van der Waals surface area (Å²) in [7, 11) is 0. The maximum absolute atomic E-state index is 11.1. The molecule has 0 spiro atoms. The van der Waals surface area contributed by atoms with Crippen molar-refractivity contribution in [3.63, 3.8) is 0 Å². The van der Waals surface area contributed by atoms with Gasteiger partial charge in [-0.1, -0.05) is 0 Å². The lowest BCUT2D eigenvalue weighted by Crippen LogP contribution is -2.31. The summed E-state index contributed by atoms with van der Waals surface area (Å²) in [5.74, 6) is -0.411. The molecule has 2 aromatic rings. The Morgan fingerprint density at radius 1 is 1.44 bits per heavy atom. The Labute approximate surface area is 105 Å². The number of anilines is 1. The first-order valence-electron chi connectivity index (χ1n) is 6.16. The lowest BCUT2D eigenvalue weighted by Gasteiger charge is -2.18. The summed E-state index contributed by atoms with van der Waals surface area (Å²) >= 11 is 0. The first-order chi connectivity index (χ1) is 8.52. The molecule has 1 fully saturated rings. The van der Waals surface area contributed by atoms with E-state index in [0.717, 1.165) is 24.2 Å². The number of fused-ring (bicyclic) bond motifs is 1. The number of rotatable bonds is 2. The summed E-state index contributed by atoms with van der Waals surface area (Å²) in [6, 6.07) is 6.06. The molecule has 1 atom stereocenters. The van der Waals surface area contributed by atoms with E-state index in [9.17, 15) is 4.79 Å². The Bertz CT molecular complexity index is 626. The largest absolute Gasteiger partial charge is 0.417 e. The Balaban J connectivity index is 1.81. The number of aromatic amines is 1. The molecule has 2 heterocycles. The molecule has 1 aliphatic rings. The highest BCUT2D eigenvalue weighted by Gasteiger charge is 2.29. The van der Waals surface area contributed by atoms with Crippen molar-refractivity contribution >= 4 is 16.8 Å². The average Bonchev–Trinajstić information content (AvgIpc) is 2.80. The first-order valence-corrected chi connectivity index (χ1v) is 6.16. The number of benzene rings is 1. The Morgan fingerprint density at radius 3 is 3.00 bits per heavy atom. The predicted molar refractivity (Wildman–Crippen MR) is 70.9 cm³/mol. The lowest BCUT2D eigenvalue weighted by atomic mass is 10.0. The quantitative estimate of drug-likeness (QED) is 0.755. The van der Waals surface area contributed by atoms with Gasteiger partial charge in [-0.15, -0.1) is 0 Å². The molecule has 0 saturated carbocycles. The number of oxazole rings is 1. The molecule has 0 amide bonds. The van der Waals surface area contributed by atoms with Crippen LogP contribution < -0.4 is 16.4 Å². The second kappa shape index (κ2) is 3.88. The molecule has 5 nitrogen and oxygen atoms in total. The fourth-order valence-electron chi connectivity index (χ4n) is 2.54. The van der Waals surface area contributed by atoms with E-state index in [2.05, 4.69) is 29.5 Å². The van der Waals surface area contributed by atoms with Gasteiger partial charge in [-0.05, 0) is 38.5 Å². The SMILES string of the molecule is CC1(C)CC(Nc2ccc3oc(=O)[nH]c3c2)CN1. The van der Waals surface area contributed by atoms with Gasteiger partial charge in [-0.25, -0.2) is 4.79 Å². The van der Waals surface area contributed by atoms with Gasteiger partial charge in [0.1, 0.15) is 0 Å². The highest BCUT2D eigenvalue weighted by atomic mass is 16.4. The molecule has 1 aromatic carbocycles. The molecule has 96 valence electrons. The molecule has 1 saturated heterocycles. The predicted octanol–water partition coefficient (Wildman–Crippen LogP) is 1.67. The van der Waals surface area contributed by atoms with Crippen molar-refractivity contribution in [1.82, 2.24) is 10.3 Å². The van der Waals surface area contributed by atoms with E-state index in [4.69, 9.17) is 4.42 Å². The van der Waals surface area contributed by atoms with Gasteiger partial charge in [0.25, 0.3) is 0 Å². The number of H-pyrrole nitrogens is 1. The molecule has 1 aliphatic heterocycles. The summed E-state index contributed by atoms with van der Waals surface area (Å²) in [5.41, 5.74) is 2.51. The van der Waals surface area contributed by atoms with Gasteiger partial charge in [0, 0.05) is 23.8 Å². The summed E-state index contributed by atoms with van der Waals surface area (Å²) in [5, 5.41) is 6.94. The zero-order valence-electron chi connectivity index (χ0n) is 10.5. The van der Waals surface area contributed by atoms with Crippen molar-refractivity contribution < 1.29 is 4.42 Å². The molecule has 0 aliphatic carbocycles. The van der Waals surface area contributed by atoms with Gasteiger partial charge in [-0.3, -0.25) is 4.98 Å². The smallest absolute Gasteiger partial charge is 0.408 e. The summed E-state index contributed by atoms with van der Waals surface area (Å²) in [6.45, 7) is 5.35. The minimum absolute atomic E-state index is 0.186. The third-order valence-electron chi connectivity index (χ3n) is 3.37.